The normalized spacial score (nSPS) is 10.0. The first kappa shape index (κ1) is 105. The number of benzene rings is 12. The van der Waals surface area contributed by atoms with Crippen LogP contribution in [0.4, 0.5) is 0 Å². The Hall–Kier alpha value is -13.6. The Balaban J connectivity index is 0.000000173. The van der Waals surface area contributed by atoms with Gasteiger partial charge < -0.3 is 39.9 Å². The van der Waals surface area contributed by atoms with Crippen LogP contribution in [0.3, 0.4) is 0 Å². The molecule has 20 rings (SSSR count). The molecular formula is C123H102Ir4N8-8. The molecule has 0 aliphatic rings. The number of hydrogen-bond acceptors (Lipinski definition) is 8. The molecule has 4 radical (unpaired) electrons. The summed E-state index contributed by atoms with van der Waals surface area (Å²) in [5, 5.41) is 0. The number of aryl methyl sites for hydroxylation is 4. The van der Waals surface area contributed by atoms with E-state index in [1.165, 1.54) is 55.6 Å². The first-order valence-corrected chi connectivity index (χ1v) is 43.9. The van der Waals surface area contributed by atoms with Gasteiger partial charge in [-0.1, -0.05) is 244 Å². The minimum absolute atomic E-state index is 0. The smallest absolute Gasteiger partial charge is 0.0239 e. The van der Waals surface area contributed by atoms with Crippen molar-refractivity contribution in [3.63, 3.8) is 0 Å². The van der Waals surface area contributed by atoms with Crippen molar-refractivity contribution in [1.29, 1.82) is 0 Å². The molecule has 12 heteroatoms. The van der Waals surface area contributed by atoms with E-state index in [0.717, 1.165) is 119 Å². The molecule has 8 nitrogen and oxygen atoms in total. The summed E-state index contributed by atoms with van der Waals surface area (Å²) in [5.74, 6) is 1.13. The van der Waals surface area contributed by atoms with Gasteiger partial charge >= 0.3 is 0 Å². The first-order valence-electron chi connectivity index (χ1n) is 43.9. The van der Waals surface area contributed by atoms with E-state index in [1.807, 2.05) is 347 Å². The molecule has 0 saturated heterocycles. The van der Waals surface area contributed by atoms with Crippen LogP contribution >= 0.6 is 0 Å². The SMILES string of the molecule is CC(C)Cc1cccnc1-c1[c-]cccc1.CC(C)c1cccnc1-c1[c-]cccc1.Cc1cnc(-c2[c-]cccc2)c(C)c1.Cc1cnc(-c2[c-]cccc2)cc1C.[Ir].[Ir].[Ir].[Ir].[c-]1ccccc1-c1ccc(-c2ccccc2)cn1.[c-]1ccccc1-c1ccc(-c2ccccc2)cn1.[c-]1ccccc1-c1ccc(-c2ccccc2)cn1.[c-]1ccccc1-c1ccc(-c2ccccc2)cn1. The van der Waals surface area contributed by atoms with Gasteiger partial charge in [-0.25, -0.2) is 0 Å². The molecule has 0 unspecified atom stereocenters. The molecular weight excluding hydrogens is 2360 g/mol. The Morgan fingerprint density at radius 3 is 0.793 bits per heavy atom. The molecule has 0 saturated carbocycles. The van der Waals surface area contributed by atoms with E-state index in [4.69, 9.17) is 0 Å². The summed E-state index contributed by atoms with van der Waals surface area (Å²) in [6.07, 6.45) is 16.2. The van der Waals surface area contributed by atoms with Gasteiger partial charge in [0.25, 0.3) is 0 Å². The van der Waals surface area contributed by atoms with Gasteiger partial charge in [-0.05, 0) is 159 Å². The maximum atomic E-state index is 4.49. The van der Waals surface area contributed by atoms with Crippen LogP contribution in [-0.2, 0) is 86.8 Å². The van der Waals surface area contributed by atoms with Gasteiger partial charge in [0.15, 0.2) is 0 Å². The van der Waals surface area contributed by atoms with Gasteiger partial charge in [0.1, 0.15) is 0 Å². The average Bonchev–Trinajstić information content (AvgIpc) is 0.821. The topological polar surface area (TPSA) is 103 Å². The van der Waals surface area contributed by atoms with Crippen LogP contribution in [0.25, 0.3) is 135 Å². The molecule has 20 aromatic rings. The van der Waals surface area contributed by atoms with Gasteiger partial charge in [-0.3, -0.25) is 0 Å². The van der Waals surface area contributed by atoms with Crippen LogP contribution in [0.1, 0.15) is 67.0 Å². The Kier molecular flexibility index (Phi) is 44.5. The van der Waals surface area contributed by atoms with E-state index >= 15 is 0 Å². The maximum Gasteiger partial charge on any atom is 0.0239 e. The monoisotopic (exact) mass is 2460 g/mol. The zero-order valence-electron chi connectivity index (χ0n) is 76.5. The van der Waals surface area contributed by atoms with Gasteiger partial charge in [0.05, 0.1) is 0 Å². The van der Waals surface area contributed by atoms with E-state index in [2.05, 4.69) is 247 Å². The zero-order chi connectivity index (χ0) is 90.8. The number of rotatable bonds is 15. The first-order chi connectivity index (χ1) is 64.3. The molecule has 12 aromatic carbocycles. The van der Waals surface area contributed by atoms with Crippen LogP contribution in [0.15, 0.2) is 450 Å². The predicted octanol–water partition coefficient (Wildman–Crippen LogP) is 30.6. The Labute approximate surface area is 852 Å². The predicted molar refractivity (Wildman–Crippen MR) is 541 cm³/mol. The summed E-state index contributed by atoms with van der Waals surface area (Å²) in [4.78, 5) is 35.7. The third kappa shape index (κ3) is 32.9. The largest absolute Gasteiger partial charge is 0.304 e. The Morgan fingerprint density at radius 1 is 0.215 bits per heavy atom. The molecule has 678 valence electrons. The second kappa shape index (κ2) is 57.1. The fourth-order valence-corrected chi connectivity index (χ4v) is 14.0. The Morgan fingerprint density at radius 2 is 0.504 bits per heavy atom. The van der Waals surface area contributed by atoms with Crippen molar-refractivity contribution < 1.29 is 80.4 Å². The van der Waals surface area contributed by atoms with Crippen molar-refractivity contribution in [2.45, 2.75) is 67.7 Å². The third-order valence-corrected chi connectivity index (χ3v) is 20.9. The van der Waals surface area contributed by atoms with Gasteiger partial charge in [-0.15, -0.1) is 287 Å². The fraction of sp³-hybridized carbons (Fsp3) is 0.0894. The molecule has 0 aliphatic carbocycles. The van der Waals surface area contributed by atoms with E-state index in [0.29, 0.717) is 11.8 Å². The number of aromatic nitrogens is 8. The summed E-state index contributed by atoms with van der Waals surface area (Å²) >= 11 is 0. The van der Waals surface area contributed by atoms with Crippen molar-refractivity contribution in [3.05, 3.63) is 532 Å². The molecule has 0 aliphatic heterocycles. The van der Waals surface area contributed by atoms with Crippen LogP contribution in [0, 0.1) is 82.1 Å². The molecule has 0 atom stereocenters. The summed E-state index contributed by atoms with van der Waals surface area (Å²) in [5.41, 5.74) is 33.1. The second-order valence-electron chi connectivity index (χ2n) is 31.4. The van der Waals surface area contributed by atoms with Crippen molar-refractivity contribution in [1.82, 2.24) is 39.9 Å². The molecule has 0 amide bonds. The van der Waals surface area contributed by atoms with Crippen LogP contribution in [0.5, 0.6) is 0 Å². The van der Waals surface area contributed by atoms with Crippen molar-refractivity contribution in [3.8, 4) is 135 Å². The minimum atomic E-state index is 0. The minimum Gasteiger partial charge on any atom is -0.304 e. The molecule has 0 N–H and O–H groups in total. The maximum absolute atomic E-state index is 4.49. The second-order valence-corrected chi connectivity index (χ2v) is 31.4. The Bertz CT molecular complexity index is 5970. The van der Waals surface area contributed by atoms with Crippen molar-refractivity contribution >= 4 is 0 Å². The molecule has 8 heterocycles. The number of pyridine rings is 8. The summed E-state index contributed by atoms with van der Waals surface area (Å²) in [6, 6.07) is 159. The van der Waals surface area contributed by atoms with E-state index in [1.54, 1.807) is 0 Å². The summed E-state index contributed by atoms with van der Waals surface area (Å²) in [6.45, 7) is 17.1. The molecule has 0 fully saturated rings. The van der Waals surface area contributed by atoms with Crippen LogP contribution < -0.4 is 0 Å². The van der Waals surface area contributed by atoms with Crippen LogP contribution in [0.2, 0.25) is 0 Å². The van der Waals surface area contributed by atoms with Gasteiger partial charge in [0.2, 0.25) is 0 Å². The van der Waals surface area contributed by atoms with Crippen molar-refractivity contribution in [2.75, 3.05) is 0 Å². The quantitative estimate of drug-likeness (QED) is 0.0935. The molecule has 0 bridgehead atoms. The van der Waals surface area contributed by atoms with Crippen molar-refractivity contribution in [2.24, 2.45) is 5.92 Å². The van der Waals surface area contributed by atoms with Gasteiger partial charge in [0, 0.05) is 130 Å². The standard InChI is InChI=1S/4C17H12N.C15H16N.C14H14N.2C13H12N.4Ir/c4*1-3-7-14(8-4-1)16-11-12-17(18-13-16)15-9-5-2-6-10-15;1-12(2)11-14-9-6-10-16-15(14)13-7-4-3-5-8-13;1-11(2)13-9-6-10-15-14(13)12-7-4-3-5-8-12;1-10-8-13(14-9-11(10)2)12-6-4-3-5-7-12;1-10-8-11(2)13(14-9-10)12-6-4-3-5-7-12;;;;/h4*1-9,11-13H;3-7,9-10,12H,11H2,1-2H3;3-7,9-11H,1-2H3;2*3-6,8-9H,1-2H3;;;;/q8*-1;;;;. The number of hydrogen-bond donors (Lipinski definition) is 0. The molecule has 135 heavy (non-hydrogen) atoms. The third-order valence-electron chi connectivity index (χ3n) is 20.9. The number of nitrogens with zero attached hydrogens (tertiary/aromatic N) is 8. The molecule has 0 spiro atoms. The summed E-state index contributed by atoms with van der Waals surface area (Å²) < 4.78 is 0. The van der Waals surface area contributed by atoms with E-state index in [-0.39, 0.29) is 80.4 Å². The van der Waals surface area contributed by atoms with Crippen LogP contribution in [-0.4, -0.2) is 39.9 Å². The average molecular weight is 2460 g/mol. The van der Waals surface area contributed by atoms with Gasteiger partial charge in [-0.2, -0.15) is 0 Å². The zero-order valence-corrected chi connectivity index (χ0v) is 86.1. The summed E-state index contributed by atoms with van der Waals surface area (Å²) in [7, 11) is 0. The fourth-order valence-electron chi connectivity index (χ4n) is 14.0. The molecule has 8 aromatic heterocycles. The van der Waals surface area contributed by atoms with E-state index < -0.39 is 0 Å². The van der Waals surface area contributed by atoms with E-state index in [9.17, 15) is 0 Å².